The van der Waals surface area contributed by atoms with Gasteiger partial charge in [-0.15, -0.1) is 0 Å². The van der Waals surface area contributed by atoms with Crippen LogP contribution in [-0.2, 0) is 4.79 Å². The fraction of sp³-hybridized carbons (Fsp3) is 0.222. The molecule has 0 aliphatic heterocycles. The number of para-hydroxylation sites is 1. The molecule has 0 unspecified atom stereocenters. The van der Waals surface area contributed by atoms with Crippen molar-refractivity contribution in [3.8, 4) is 0 Å². The summed E-state index contributed by atoms with van der Waals surface area (Å²) >= 11 is 0. The van der Waals surface area contributed by atoms with Crippen LogP contribution in [0.3, 0.4) is 0 Å². The fourth-order valence-corrected chi connectivity index (χ4v) is 0.831. The molecule has 0 radical (unpaired) electrons. The summed E-state index contributed by atoms with van der Waals surface area (Å²) in [5, 5.41) is 2.56. The minimum Gasteiger partial charge on any atom is -0.326 e. The number of hydrogen-bond acceptors (Lipinski definition) is 1. The molecule has 0 spiro atoms. The van der Waals surface area contributed by atoms with Crippen LogP contribution in [0.1, 0.15) is 6.42 Å². The van der Waals surface area contributed by atoms with E-state index in [0.717, 1.165) is 0 Å². The van der Waals surface area contributed by atoms with Crippen molar-refractivity contribution in [1.29, 1.82) is 0 Å². The lowest BCUT2D eigenvalue weighted by Crippen LogP contribution is -2.11. The lowest BCUT2D eigenvalue weighted by atomic mass is 10.3. The maximum Gasteiger partial charge on any atom is 0.227 e. The van der Waals surface area contributed by atoms with Crippen molar-refractivity contribution in [1.82, 2.24) is 0 Å². The second kappa shape index (κ2) is 4.49. The van der Waals surface area contributed by atoms with Crippen molar-refractivity contribution in [2.24, 2.45) is 0 Å². The summed E-state index contributed by atoms with van der Waals surface area (Å²) in [5.41, 5.74) is 0.705. The molecule has 0 saturated carbocycles. The summed E-state index contributed by atoms with van der Waals surface area (Å²) in [6, 6.07) is 8.99. The highest BCUT2D eigenvalue weighted by molar-refractivity contribution is 5.90. The Labute approximate surface area is 70.4 Å². The topological polar surface area (TPSA) is 29.1 Å². The van der Waals surface area contributed by atoms with Gasteiger partial charge in [0.2, 0.25) is 5.91 Å². The molecule has 0 bridgehead atoms. The standard InChI is InChI=1S/C9H10FNO/c10-7-6-9(12)11-8-4-2-1-3-5-8/h1-5H,6-7H2,(H,11,12). The van der Waals surface area contributed by atoms with Crippen LogP contribution in [0.5, 0.6) is 0 Å². The van der Waals surface area contributed by atoms with Gasteiger partial charge < -0.3 is 5.32 Å². The first-order valence-electron chi connectivity index (χ1n) is 3.74. The highest BCUT2D eigenvalue weighted by atomic mass is 19.1. The van der Waals surface area contributed by atoms with Crippen LogP contribution in [0.4, 0.5) is 10.1 Å². The fourth-order valence-electron chi connectivity index (χ4n) is 0.831. The molecule has 1 aromatic rings. The summed E-state index contributed by atoms with van der Waals surface area (Å²) in [7, 11) is 0. The smallest absolute Gasteiger partial charge is 0.227 e. The van der Waals surface area contributed by atoms with Crippen molar-refractivity contribution >= 4 is 11.6 Å². The van der Waals surface area contributed by atoms with Crippen LogP contribution < -0.4 is 5.32 Å². The third-order valence-electron chi connectivity index (χ3n) is 1.38. The van der Waals surface area contributed by atoms with Gasteiger partial charge in [0.15, 0.2) is 0 Å². The largest absolute Gasteiger partial charge is 0.326 e. The van der Waals surface area contributed by atoms with E-state index in [1.54, 1.807) is 12.1 Å². The van der Waals surface area contributed by atoms with Gasteiger partial charge in [0, 0.05) is 5.69 Å². The molecule has 12 heavy (non-hydrogen) atoms. The van der Waals surface area contributed by atoms with Gasteiger partial charge in [0.1, 0.15) is 0 Å². The van der Waals surface area contributed by atoms with Crippen LogP contribution in [-0.4, -0.2) is 12.6 Å². The molecule has 0 fully saturated rings. The maximum atomic E-state index is 11.7. The Balaban J connectivity index is 2.47. The summed E-state index contributed by atoms with van der Waals surface area (Å²) in [4.78, 5) is 10.9. The monoisotopic (exact) mass is 167 g/mol. The van der Waals surface area contributed by atoms with E-state index in [9.17, 15) is 9.18 Å². The Hall–Kier alpha value is -1.38. The van der Waals surface area contributed by atoms with Gasteiger partial charge in [-0.1, -0.05) is 18.2 Å². The zero-order valence-electron chi connectivity index (χ0n) is 6.59. The van der Waals surface area contributed by atoms with E-state index in [1.165, 1.54) is 0 Å². The van der Waals surface area contributed by atoms with Crippen LogP contribution >= 0.6 is 0 Å². The average Bonchev–Trinajstić information content (AvgIpc) is 2.06. The van der Waals surface area contributed by atoms with E-state index in [1.807, 2.05) is 18.2 Å². The summed E-state index contributed by atoms with van der Waals surface area (Å²) in [5.74, 6) is -0.288. The number of amides is 1. The van der Waals surface area contributed by atoms with Crippen molar-refractivity contribution in [3.63, 3.8) is 0 Å². The van der Waals surface area contributed by atoms with Crippen molar-refractivity contribution < 1.29 is 9.18 Å². The highest BCUT2D eigenvalue weighted by Gasteiger charge is 1.99. The lowest BCUT2D eigenvalue weighted by molar-refractivity contribution is -0.116. The zero-order chi connectivity index (χ0) is 8.81. The Morgan fingerprint density at radius 3 is 2.58 bits per heavy atom. The van der Waals surface area contributed by atoms with E-state index >= 15 is 0 Å². The third-order valence-corrected chi connectivity index (χ3v) is 1.38. The van der Waals surface area contributed by atoms with Gasteiger partial charge in [0.25, 0.3) is 0 Å². The SMILES string of the molecule is O=C(CCF)Nc1ccccc1. The Morgan fingerprint density at radius 2 is 2.00 bits per heavy atom. The Kier molecular flexibility index (Phi) is 3.26. The lowest BCUT2D eigenvalue weighted by Gasteiger charge is -2.01. The van der Waals surface area contributed by atoms with Gasteiger partial charge in [-0.3, -0.25) is 9.18 Å². The molecule has 64 valence electrons. The molecule has 1 aromatic carbocycles. The molecule has 0 aliphatic carbocycles. The summed E-state index contributed by atoms with van der Waals surface area (Å²) in [6.45, 7) is -0.612. The highest BCUT2D eigenvalue weighted by Crippen LogP contribution is 2.04. The minimum absolute atomic E-state index is 0.0745. The second-order valence-electron chi connectivity index (χ2n) is 2.35. The van der Waals surface area contributed by atoms with E-state index in [0.29, 0.717) is 5.69 Å². The van der Waals surface area contributed by atoms with Gasteiger partial charge >= 0.3 is 0 Å². The zero-order valence-corrected chi connectivity index (χ0v) is 6.59. The number of nitrogens with one attached hydrogen (secondary N) is 1. The molecule has 0 saturated heterocycles. The van der Waals surface area contributed by atoms with E-state index < -0.39 is 6.67 Å². The normalized spacial score (nSPS) is 9.42. The number of halogens is 1. The van der Waals surface area contributed by atoms with Crippen molar-refractivity contribution in [2.75, 3.05) is 12.0 Å². The first-order valence-corrected chi connectivity index (χ1v) is 3.74. The molecule has 0 heterocycles. The molecule has 0 aromatic heterocycles. The van der Waals surface area contributed by atoms with Crippen LogP contribution in [0.15, 0.2) is 30.3 Å². The molecular weight excluding hydrogens is 157 g/mol. The number of carbonyl (C=O) groups excluding carboxylic acids is 1. The third kappa shape index (κ3) is 2.70. The molecule has 3 heteroatoms. The molecular formula is C9H10FNO. The van der Waals surface area contributed by atoms with Crippen molar-refractivity contribution in [3.05, 3.63) is 30.3 Å². The number of rotatable bonds is 3. The van der Waals surface area contributed by atoms with Crippen LogP contribution in [0.25, 0.3) is 0 Å². The molecule has 1 amide bonds. The number of hydrogen-bond donors (Lipinski definition) is 1. The predicted molar refractivity (Wildman–Crippen MR) is 45.7 cm³/mol. The minimum atomic E-state index is -0.612. The number of alkyl halides is 1. The van der Waals surface area contributed by atoms with E-state index in [-0.39, 0.29) is 12.3 Å². The summed E-state index contributed by atoms with van der Waals surface area (Å²) < 4.78 is 11.7. The average molecular weight is 167 g/mol. The molecule has 0 aliphatic rings. The van der Waals surface area contributed by atoms with Gasteiger partial charge in [-0.05, 0) is 12.1 Å². The number of carbonyl (C=O) groups is 1. The van der Waals surface area contributed by atoms with Crippen LogP contribution in [0, 0.1) is 0 Å². The summed E-state index contributed by atoms with van der Waals surface area (Å²) in [6.07, 6.45) is -0.0745. The Bertz CT molecular complexity index is 248. The maximum absolute atomic E-state index is 11.7. The first-order chi connectivity index (χ1) is 5.83. The predicted octanol–water partition coefficient (Wildman–Crippen LogP) is 1.98. The van der Waals surface area contributed by atoms with Gasteiger partial charge in [-0.2, -0.15) is 0 Å². The molecule has 2 nitrogen and oxygen atoms in total. The van der Waals surface area contributed by atoms with Gasteiger partial charge in [-0.25, -0.2) is 0 Å². The molecule has 1 N–H and O–H groups in total. The van der Waals surface area contributed by atoms with E-state index in [4.69, 9.17) is 0 Å². The quantitative estimate of drug-likeness (QED) is 0.732. The number of anilines is 1. The first kappa shape index (κ1) is 8.71. The number of benzene rings is 1. The van der Waals surface area contributed by atoms with Gasteiger partial charge in [0.05, 0.1) is 13.1 Å². The van der Waals surface area contributed by atoms with Crippen molar-refractivity contribution in [2.45, 2.75) is 6.42 Å². The Morgan fingerprint density at radius 1 is 1.33 bits per heavy atom. The molecule has 0 atom stereocenters. The second-order valence-corrected chi connectivity index (χ2v) is 2.35. The van der Waals surface area contributed by atoms with Crippen LogP contribution in [0.2, 0.25) is 0 Å². The molecule has 1 rings (SSSR count). The van der Waals surface area contributed by atoms with E-state index in [2.05, 4.69) is 5.32 Å².